The summed E-state index contributed by atoms with van der Waals surface area (Å²) in [6, 6.07) is 9.61. The highest BCUT2D eigenvalue weighted by molar-refractivity contribution is 5.89. The molecule has 2 aromatic heterocycles. The van der Waals surface area contributed by atoms with Gasteiger partial charge in [-0.1, -0.05) is 30.3 Å². The Morgan fingerprint density at radius 3 is 2.71 bits per heavy atom. The molecule has 0 bridgehead atoms. The van der Waals surface area contributed by atoms with E-state index in [0.717, 1.165) is 22.7 Å². The maximum atomic E-state index is 12.4. The summed E-state index contributed by atoms with van der Waals surface area (Å²) in [6.45, 7) is 5.72. The van der Waals surface area contributed by atoms with E-state index in [1.54, 1.807) is 10.9 Å². The molecule has 124 valence electrons. The van der Waals surface area contributed by atoms with E-state index in [1.807, 2.05) is 51.1 Å². The second-order valence-corrected chi connectivity index (χ2v) is 5.75. The van der Waals surface area contributed by atoms with Gasteiger partial charge in [0.05, 0.1) is 11.4 Å². The topological polar surface area (TPSA) is 85.8 Å². The van der Waals surface area contributed by atoms with Crippen LogP contribution >= 0.6 is 0 Å². The maximum Gasteiger partial charge on any atom is 0.235 e. The van der Waals surface area contributed by atoms with E-state index in [1.165, 1.54) is 0 Å². The van der Waals surface area contributed by atoms with Gasteiger partial charge in [0.25, 0.3) is 0 Å². The smallest absolute Gasteiger partial charge is 0.235 e. The van der Waals surface area contributed by atoms with Gasteiger partial charge in [-0.3, -0.25) is 14.7 Å². The van der Waals surface area contributed by atoms with Crippen molar-refractivity contribution in [3.63, 3.8) is 0 Å². The van der Waals surface area contributed by atoms with Crippen molar-refractivity contribution in [3.05, 3.63) is 53.7 Å². The third-order valence-corrected chi connectivity index (χ3v) is 3.91. The zero-order chi connectivity index (χ0) is 17.1. The first-order chi connectivity index (χ1) is 11.6. The fourth-order valence-corrected chi connectivity index (χ4v) is 2.85. The van der Waals surface area contributed by atoms with Crippen molar-refractivity contribution >= 4 is 11.9 Å². The monoisotopic (exact) mass is 325 g/mol. The lowest BCUT2D eigenvalue weighted by Gasteiger charge is -2.12. The number of aromatic nitrogens is 4. The molecule has 2 heterocycles. The standard InChI is InChI=1S/C17H19N5O2/c1-11(16-12(2)21-24-13(16)3)9-15(23)19-17-20-18-10-22(17)14-7-5-4-6-8-14/h4-8,10-11H,9H2,1-3H3,(H,19,20,23). The summed E-state index contributed by atoms with van der Waals surface area (Å²) in [5.74, 6) is 1.02. The molecule has 1 unspecified atom stereocenters. The van der Waals surface area contributed by atoms with Crippen LogP contribution in [0.1, 0.15) is 36.3 Å². The van der Waals surface area contributed by atoms with E-state index in [-0.39, 0.29) is 11.8 Å². The largest absolute Gasteiger partial charge is 0.361 e. The van der Waals surface area contributed by atoms with Gasteiger partial charge in [0, 0.05) is 12.0 Å². The molecule has 0 saturated carbocycles. The molecule has 3 aromatic rings. The van der Waals surface area contributed by atoms with Crippen LogP contribution in [0.5, 0.6) is 0 Å². The molecule has 0 aliphatic carbocycles. The first kappa shape index (κ1) is 15.9. The second kappa shape index (κ2) is 6.66. The molecular weight excluding hydrogens is 306 g/mol. The number of nitrogens with one attached hydrogen (secondary N) is 1. The number of aryl methyl sites for hydroxylation is 2. The van der Waals surface area contributed by atoms with Crippen molar-refractivity contribution in [2.75, 3.05) is 5.32 Å². The number of amides is 1. The number of hydrogen-bond donors (Lipinski definition) is 1. The molecule has 1 atom stereocenters. The third kappa shape index (κ3) is 3.19. The van der Waals surface area contributed by atoms with Crippen LogP contribution in [0.3, 0.4) is 0 Å². The number of nitrogens with zero attached hydrogens (tertiary/aromatic N) is 4. The van der Waals surface area contributed by atoms with Crippen LogP contribution in [0.15, 0.2) is 41.2 Å². The lowest BCUT2D eigenvalue weighted by atomic mass is 9.96. The molecule has 7 nitrogen and oxygen atoms in total. The van der Waals surface area contributed by atoms with Crippen LogP contribution in [0, 0.1) is 13.8 Å². The summed E-state index contributed by atoms with van der Waals surface area (Å²) < 4.78 is 6.91. The zero-order valence-corrected chi connectivity index (χ0v) is 13.9. The van der Waals surface area contributed by atoms with E-state index in [4.69, 9.17) is 4.52 Å². The Morgan fingerprint density at radius 1 is 1.29 bits per heavy atom. The number of hydrogen-bond acceptors (Lipinski definition) is 5. The average Bonchev–Trinajstić information content (AvgIpc) is 3.14. The van der Waals surface area contributed by atoms with E-state index >= 15 is 0 Å². The summed E-state index contributed by atoms with van der Waals surface area (Å²) in [4.78, 5) is 12.4. The van der Waals surface area contributed by atoms with Crippen LogP contribution in [0.25, 0.3) is 5.69 Å². The number of para-hydroxylation sites is 1. The van der Waals surface area contributed by atoms with E-state index in [0.29, 0.717) is 12.4 Å². The number of carbonyl (C=O) groups is 1. The van der Waals surface area contributed by atoms with Gasteiger partial charge >= 0.3 is 0 Å². The quantitative estimate of drug-likeness (QED) is 0.779. The lowest BCUT2D eigenvalue weighted by Crippen LogP contribution is -2.17. The molecule has 0 saturated heterocycles. The van der Waals surface area contributed by atoms with E-state index in [9.17, 15) is 4.79 Å². The van der Waals surface area contributed by atoms with Gasteiger partial charge in [-0.05, 0) is 31.9 Å². The summed E-state index contributed by atoms with van der Waals surface area (Å²) >= 11 is 0. The van der Waals surface area contributed by atoms with Gasteiger partial charge in [-0.2, -0.15) is 0 Å². The van der Waals surface area contributed by atoms with Gasteiger partial charge < -0.3 is 4.52 Å². The fraction of sp³-hybridized carbons (Fsp3) is 0.294. The molecule has 0 radical (unpaired) electrons. The maximum absolute atomic E-state index is 12.4. The second-order valence-electron chi connectivity index (χ2n) is 5.75. The molecule has 24 heavy (non-hydrogen) atoms. The van der Waals surface area contributed by atoms with Crippen LogP contribution in [-0.2, 0) is 4.79 Å². The Morgan fingerprint density at radius 2 is 2.04 bits per heavy atom. The Labute approximate surface area is 139 Å². The van der Waals surface area contributed by atoms with Crippen molar-refractivity contribution in [1.29, 1.82) is 0 Å². The molecule has 0 aliphatic rings. The van der Waals surface area contributed by atoms with Gasteiger partial charge in [-0.15, -0.1) is 10.2 Å². The van der Waals surface area contributed by atoms with Crippen LogP contribution in [0.4, 0.5) is 5.95 Å². The van der Waals surface area contributed by atoms with Gasteiger partial charge in [0.2, 0.25) is 11.9 Å². The minimum Gasteiger partial charge on any atom is -0.361 e. The van der Waals surface area contributed by atoms with E-state index in [2.05, 4.69) is 20.7 Å². The third-order valence-electron chi connectivity index (χ3n) is 3.91. The highest BCUT2D eigenvalue weighted by atomic mass is 16.5. The molecule has 0 fully saturated rings. The minimum atomic E-state index is -0.132. The van der Waals surface area contributed by atoms with E-state index < -0.39 is 0 Å². The van der Waals surface area contributed by atoms with Crippen LogP contribution in [0.2, 0.25) is 0 Å². The van der Waals surface area contributed by atoms with Crippen molar-refractivity contribution in [3.8, 4) is 5.69 Å². The predicted molar refractivity (Wildman–Crippen MR) is 89.0 cm³/mol. The molecule has 0 spiro atoms. The highest BCUT2D eigenvalue weighted by Crippen LogP contribution is 2.26. The minimum absolute atomic E-state index is 0.00402. The van der Waals surface area contributed by atoms with Gasteiger partial charge in [0.1, 0.15) is 12.1 Å². The van der Waals surface area contributed by atoms with Gasteiger partial charge in [0.15, 0.2) is 0 Å². The molecule has 0 aliphatic heterocycles. The number of carbonyl (C=O) groups excluding carboxylic acids is 1. The predicted octanol–water partition coefficient (Wildman–Crippen LogP) is 3.00. The highest BCUT2D eigenvalue weighted by Gasteiger charge is 2.20. The molecule has 3 rings (SSSR count). The van der Waals surface area contributed by atoms with Crippen LogP contribution in [-0.4, -0.2) is 25.8 Å². The first-order valence-corrected chi connectivity index (χ1v) is 7.74. The molecule has 7 heteroatoms. The average molecular weight is 325 g/mol. The summed E-state index contributed by atoms with van der Waals surface area (Å²) in [5, 5.41) is 14.6. The number of rotatable bonds is 5. The van der Waals surface area contributed by atoms with Crippen molar-refractivity contribution in [1.82, 2.24) is 19.9 Å². The summed E-state index contributed by atoms with van der Waals surface area (Å²) in [6.07, 6.45) is 1.88. The molecular formula is C17H19N5O2. The van der Waals surface area contributed by atoms with Crippen molar-refractivity contribution in [2.45, 2.75) is 33.1 Å². The molecule has 1 N–H and O–H groups in total. The van der Waals surface area contributed by atoms with Crippen molar-refractivity contribution < 1.29 is 9.32 Å². The molecule has 1 aromatic carbocycles. The number of anilines is 1. The first-order valence-electron chi connectivity index (χ1n) is 7.74. The lowest BCUT2D eigenvalue weighted by molar-refractivity contribution is -0.116. The Hall–Kier alpha value is -2.96. The normalized spacial score (nSPS) is 12.1. The fourth-order valence-electron chi connectivity index (χ4n) is 2.85. The molecule has 1 amide bonds. The Balaban J connectivity index is 1.71. The van der Waals surface area contributed by atoms with Crippen LogP contribution < -0.4 is 5.32 Å². The number of benzene rings is 1. The summed E-state index contributed by atoms with van der Waals surface area (Å²) in [7, 11) is 0. The van der Waals surface area contributed by atoms with Crippen molar-refractivity contribution in [2.24, 2.45) is 0 Å². The van der Waals surface area contributed by atoms with Gasteiger partial charge in [-0.25, -0.2) is 0 Å². The summed E-state index contributed by atoms with van der Waals surface area (Å²) in [5.41, 5.74) is 2.69. The zero-order valence-electron chi connectivity index (χ0n) is 13.9. The SMILES string of the molecule is Cc1noc(C)c1C(C)CC(=O)Nc1nncn1-c1ccccc1. The Kier molecular flexibility index (Phi) is 4.41. The Bertz CT molecular complexity index is 818.